The summed E-state index contributed by atoms with van der Waals surface area (Å²) < 4.78 is 14.8. The molecule has 0 N–H and O–H groups in total. The fourth-order valence-electron chi connectivity index (χ4n) is 2.50. The highest BCUT2D eigenvalue weighted by molar-refractivity contribution is 5.79. The van der Waals surface area contributed by atoms with E-state index in [2.05, 4.69) is 0 Å². The first-order chi connectivity index (χ1) is 12.5. The molecule has 7 nitrogen and oxygen atoms in total. The number of benzene rings is 1. The molecule has 0 saturated heterocycles. The van der Waals surface area contributed by atoms with Crippen molar-refractivity contribution in [3.05, 3.63) is 35.9 Å². The van der Waals surface area contributed by atoms with E-state index in [0.29, 0.717) is 6.54 Å². The number of hydrogen-bond acceptors (Lipinski definition) is 7. The molecular formula is C19H27NO6. The minimum Gasteiger partial charge on any atom is -0.468 e. The van der Waals surface area contributed by atoms with E-state index in [1.54, 1.807) is 18.7 Å². The molecular weight excluding hydrogens is 338 g/mol. The van der Waals surface area contributed by atoms with Crippen molar-refractivity contribution in [1.82, 2.24) is 4.90 Å². The van der Waals surface area contributed by atoms with Crippen LogP contribution in [0.15, 0.2) is 30.3 Å². The summed E-state index contributed by atoms with van der Waals surface area (Å²) in [5.41, 5.74) is 0.932. The lowest BCUT2D eigenvalue weighted by molar-refractivity contribution is -0.153. The monoisotopic (exact) mass is 365 g/mol. The fourth-order valence-corrected chi connectivity index (χ4v) is 2.50. The molecule has 0 bridgehead atoms. The Hall–Kier alpha value is -2.41. The third-order valence-electron chi connectivity index (χ3n) is 3.72. The highest BCUT2D eigenvalue weighted by Crippen LogP contribution is 2.15. The van der Waals surface area contributed by atoms with Crippen molar-refractivity contribution in [2.24, 2.45) is 0 Å². The molecule has 1 rings (SSSR count). The molecule has 1 atom stereocenters. The number of nitrogens with zero attached hydrogens (tertiary/aromatic N) is 1. The number of rotatable bonds is 11. The van der Waals surface area contributed by atoms with E-state index in [0.717, 1.165) is 5.56 Å². The Bertz CT molecular complexity index is 575. The van der Waals surface area contributed by atoms with Crippen molar-refractivity contribution in [3.63, 3.8) is 0 Å². The van der Waals surface area contributed by atoms with Gasteiger partial charge in [0.25, 0.3) is 0 Å². The summed E-state index contributed by atoms with van der Waals surface area (Å²) in [7, 11) is 1.29. The third kappa shape index (κ3) is 7.65. The van der Waals surface area contributed by atoms with E-state index in [1.807, 2.05) is 30.3 Å². The van der Waals surface area contributed by atoms with E-state index in [9.17, 15) is 14.4 Å². The summed E-state index contributed by atoms with van der Waals surface area (Å²) in [5, 5.41) is 0. The highest BCUT2D eigenvalue weighted by Gasteiger charge is 2.30. The van der Waals surface area contributed by atoms with Gasteiger partial charge >= 0.3 is 17.9 Å². The first-order valence-electron chi connectivity index (χ1n) is 8.68. The minimum absolute atomic E-state index is 0.0593. The lowest BCUT2D eigenvalue weighted by Gasteiger charge is -2.29. The molecule has 26 heavy (non-hydrogen) atoms. The number of esters is 3. The summed E-state index contributed by atoms with van der Waals surface area (Å²) in [6.45, 7) is 4.19. The molecule has 0 aliphatic heterocycles. The van der Waals surface area contributed by atoms with Crippen molar-refractivity contribution >= 4 is 17.9 Å². The molecule has 0 aliphatic rings. The Morgan fingerprint density at radius 2 is 1.65 bits per heavy atom. The molecule has 0 amide bonds. The summed E-state index contributed by atoms with van der Waals surface area (Å²) in [6.07, 6.45) is 0.255. The average molecular weight is 365 g/mol. The molecule has 7 heteroatoms. The minimum atomic E-state index is -0.751. The first kappa shape index (κ1) is 21.6. The Morgan fingerprint density at radius 1 is 1.00 bits per heavy atom. The van der Waals surface area contributed by atoms with Gasteiger partial charge in [-0.3, -0.25) is 19.3 Å². The predicted octanol–water partition coefficient (Wildman–Crippen LogP) is 1.94. The second-order valence-electron chi connectivity index (χ2n) is 5.58. The van der Waals surface area contributed by atoms with Crippen LogP contribution in [0.1, 0.15) is 32.3 Å². The SMILES string of the molecule is CCOC(=O)CC[C@H](C(=O)OCC)N(CC(=O)OC)Cc1ccccc1. The van der Waals surface area contributed by atoms with Gasteiger partial charge in [0.1, 0.15) is 6.04 Å². The van der Waals surface area contributed by atoms with Gasteiger partial charge in [0.15, 0.2) is 0 Å². The molecule has 0 aliphatic carbocycles. The van der Waals surface area contributed by atoms with Gasteiger partial charge in [-0.25, -0.2) is 0 Å². The van der Waals surface area contributed by atoms with Crippen LogP contribution in [-0.4, -0.2) is 55.7 Å². The standard InChI is InChI=1S/C19H27NO6/c1-4-25-17(21)12-11-16(19(23)26-5-2)20(14-18(22)24-3)13-15-9-7-6-8-10-15/h6-10,16H,4-5,11-14H2,1-3H3/t16-/m1/s1. The summed E-state index contributed by atoms with van der Waals surface area (Å²) >= 11 is 0. The lowest BCUT2D eigenvalue weighted by atomic mass is 10.1. The van der Waals surface area contributed by atoms with E-state index in [-0.39, 0.29) is 38.6 Å². The molecule has 0 unspecified atom stereocenters. The number of methoxy groups -OCH3 is 1. The third-order valence-corrected chi connectivity index (χ3v) is 3.72. The summed E-state index contributed by atoms with van der Waals surface area (Å²) in [6, 6.07) is 8.69. The number of carbonyl (C=O) groups excluding carboxylic acids is 3. The molecule has 0 fully saturated rings. The maximum Gasteiger partial charge on any atom is 0.323 e. The average Bonchev–Trinajstić information content (AvgIpc) is 2.63. The zero-order chi connectivity index (χ0) is 19.4. The molecule has 144 valence electrons. The lowest BCUT2D eigenvalue weighted by Crippen LogP contribution is -2.45. The summed E-state index contributed by atoms with van der Waals surface area (Å²) in [5.74, 6) is -1.33. The Balaban J connectivity index is 2.98. The van der Waals surface area contributed by atoms with E-state index >= 15 is 0 Å². The molecule has 0 saturated carbocycles. The fraction of sp³-hybridized carbons (Fsp3) is 0.526. The van der Waals surface area contributed by atoms with Gasteiger partial charge in [-0.2, -0.15) is 0 Å². The zero-order valence-electron chi connectivity index (χ0n) is 15.6. The first-order valence-corrected chi connectivity index (χ1v) is 8.68. The zero-order valence-corrected chi connectivity index (χ0v) is 15.6. The van der Waals surface area contributed by atoms with Crippen molar-refractivity contribution in [2.45, 2.75) is 39.3 Å². The van der Waals surface area contributed by atoms with Crippen LogP contribution in [0.25, 0.3) is 0 Å². The second kappa shape index (κ2) is 12.0. The molecule has 0 aromatic heterocycles. The normalized spacial score (nSPS) is 11.7. The van der Waals surface area contributed by atoms with Crippen LogP contribution in [0, 0.1) is 0 Å². The molecule has 1 aromatic carbocycles. The van der Waals surface area contributed by atoms with Crippen LogP contribution in [-0.2, 0) is 35.1 Å². The Morgan fingerprint density at radius 3 is 2.23 bits per heavy atom. The molecule has 0 heterocycles. The van der Waals surface area contributed by atoms with Crippen LogP contribution in [0.5, 0.6) is 0 Å². The smallest absolute Gasteiger partial charge is 0.323 e. The van der Waals surface area contributed by atoms with Crippen LogP contribution in [0.4, 0.5) is 0 Å². The van der Waals surface area contributed by atoms with Crippen LogP contribution in [0.2, 0.25) is 0 Å². The van der Waals surface area contributed by atoms with Gasteiger partial charge in [-0.15, -0.1) is 0 Å². The van der Waals surface area contributed by atoms with Gasteiger partial charge in [0.05, 0.1) is 26.9 Å². The molecule has 0 spiro atoms. The number of ether oxygens (including phenoxy) is 3. The van der Waals surface area contributed by atoms with Crippen molar-refractivity contribution in [3.8, 4) is 0 Å². The van der Waals surface area contributed by atoms with E-state index in [1.165, 1.54) is 7.11 Å². The summed E-state index contributed by atoms with van der Waals surface area (Å²) in [4.78, 5) is 37.6. The van der Waals surface area contributed by atoms with Crippen molar-refractivity contribution in [2.75, 3.05) is 26.9 Å². The molecule has 1 aromatic rings. The Kier molecular flexibility index (Phi) is 10.0. The molecule has 0 radical (unpaired) electrons. The predicted molar refractivity (Wildman–Crippen MR) is 95.2 cm³/mol. The Labute approximate surface area is 154 Å². The van der Waals surface area contributed by atoms with Crippen molar-refractivity contribution < 1.29 is 28.6 Å². The quantitative estimate of drug-likeness (QED) is 0.438. The van der Waals surface area contributed by atoms with Crippen LogP contribution in [0.3, 0.4) is 0 Å². The van der Waals surface area contributed by atoms with Gasteiger partial charge in [0, 0.05) is 13.0 Å². The van der Waals surface area contributed by atoms with E-state index < -0.39 is 18.0 Å². The van der Waals surface area contributed by atoms with Gasteiger partial charge < -0.3 is 14.2 Å². The van der Waals surface area contributed by atoms with Crippen molar-refractivity contribution in [1.29, 1.82) is 0 Å². The second-order valence-corrected chi connectivity index (χ2v) is 5.58. The van der Waals surface area contributed by atoms with Gasteiger partial charge in [0.2, 0.25) is 0 Å². The topological polar surface area (TPSA) is 82.1 Å². The highest BCUT2D eigenvalue weighted by atomic mass is 16.5. The van der Waals surface area contributed by atoms with E-state index in [4.69, 9.17) is 14.2 Å². The maximum atomic E-state index is 12.4. The van der Waals surface area contributed by atoms with Gasteiger partial charge in [-0.1, -0.05) is 30.3 Å². The maximum absolute atomic E-state index is 12.4. The number of carbonyl (C=O) groups is 3. The van der Waals surface area contributed by atoms with Gasteiger partial charge in [-0.05, 0) is 25.8 Å². The van der Waals surface area contributed by atoms with Crippen LogP contribution < -0.4 is 0 Å². The number of hydrogen-bond donors (Lipinski definition) is 0. The van der Waals surface area contributed by atoms with Crippen LogP contribution >= 0.6 is 0 Å². The largest absolute Gasteiger partial charge is 0.468 e.